The lowest BCUT2D eigenvalue weighted by atomic mass is 9.97. The molecule has 2 aromatic heterocycles. The fraction of sp³-hybridized carbons (Fsp3) is 0.286. The van der Waals surface area contributed by atoms with Crippen molar-refractivity contribution in [3.05, 3.63) is 75.2 Å². The molecule has 0 radical (unpaired) electrons. The number of amides is 1. The summed E-state index contributed by atoms with van der Waals surface area (Å²) < 4.78 is 1.67. The second-order valence-electron chi connectivity index (χ2n) is 6.85. The monoisotopic (exact) mass is 363 g/mol. The van der Waals surface area contributed by atoms with Crippen LogP contribution < -0.4 is 5.56 Å². The van der Waals surface area contributed by atoms with Crippen LogP contribution in [-0.4, -0.2) is 32.2 Å². The molecule has 1 N–H and O–H groups in total. The zero-order valence-electron chi connectivity index (χ0n) is 15.2. The Kier molecular flexibility index (Phi) is 4.39. The molecule has 6 nitrogen and oxygen atoms in total. The standard InChI is InChI=1S/C21H21N3O3/c1-2-14-5-3-6-15(11-14)12-24-19-17(7-4-9-22-19)16-8-10-23(21(26)27)13-18(16)20(24)25/h3-7,9,11H,2,8,10,12-13H2,1H3,(H,26,27). The van der Waals surface area contributed by atoms with E-state index < -0.39 is 6.09 Å². The summed E-state index contributed by atoms with van der Waals surface area (Å²) in [7, 11) is 0. The molecule has 0 atom stereocenters. The van der Waals surface area contributed by atoms with Gasteiger partial charge in [0.2, 0.25) is 0 Å². The molecule has 0 saturated carbocycles. The molecule has 27 heavy (non-hydrogen) atoms. The molecule has 1 aliphatic heterocycles. The first-order chi connectivity index (χ1) is 13.1. The Balaban J connectivity index is 1.88. The van der Waals surface area contributed by atoms with Gasteiger partial charge in [-0.15, -0.1) is 0 Å². The number of benzene rings is 1. The van der Waals surface area contributed by atoms with Crippen LogP contribution in [0.4, 0.5) is 4.79 Å². The lowest BCUT2D eigenvalue weighted by molar-refractivity contribution is 0.139. The molecule has 0 aliphatic carbocycles. The Labute approximate surface area is 156 Å². The molecule has 1 aliphatic rings. The highest BCUT2D eigenvalue weighted by Gasteiger charge is 2.26. The minimum Gasteiger partial charge on any atom is -0.465 e. The number of hydrogen-bond donors (Lipinski definition) is 1. The van der Waals surface area contributed by atoms with Crippen LogP contribution in [0, 0.1) is 0 Å². The summed E-state index contributed by atoms with van der Waals surface area (Å²) in [6.07, 6.45) is 2.16. The molecule has 0 saturated heterocycles. The first-order valence-electron chi connectivity index (χ1n) is 9.13. The molecule has 1 amide bonds. The molecular formula is C21H21N3O3. The van der Waals surface area contributed by atoms with Crippen molar-refractivity contribution in [1.82, 2.24) is 14.5 Å². The van der Waals surface area contributed by atoms with Gasteiger partial charge in [0.1, 0.15) is 5.65 Å². The van der Waals surface area contributed by atoms with Crippen LogP contribution in [0.5, 0.6) is 0 Å². The molecule has 4 rings (SSSR count). The lowest BCUT2D eigenvalue weighted by Crippen LogP contribution is -2.40. The van der Waals surface area contributed by atoms with Crippen LogP contribution in [0.2, 0.25) is 0 Å². The highest BCUT2D eigenvalue weighted by Crippen LogP contribution is 2.24. The van der Waals surface area contributed by atoms with Gasteiger partial charge in [-0.05, 0) is 41.7 Å². The summed E-state index contributed by atoms with van der Waals surface area (Å²) in [5.41, 5.74) is 4.26. The molecule has 3 heterocycles. The molecule has 6 heteroatoms. The summed E-state index contributed by atoms with van der Waals surface area (Å²) in [4.78, 5) is 30.4. The number of nitrogens with zero attached hydrogens (tertiary/aromatic N) is 3. The summed E-state index contributed by atoms with van der Waals surface area (Å²) >= 11 is 0. The van der Waals surface area contributed by atoms with E-state index in [-0.39, 0.29) is 12.1 Å². The quantitative estimate of drug-likeness (QED) is 0.776. The molecule has 138 valence electrons. The maximum absolute atomic E-state index is 13.3. The van der Waals surface area contributed by atoms with Gasteiger partial charge in [-0.25, -0.2) is 9.78 Å². The van der Waals surface area contributed by atoms with Crippen molar-refractivity contribution in [2.45, 2.75) is 32.9 Å². The summed E-state index contributed by atoms with van der Waals surface area (Å²) in [5, 5.41) is 10.3. The minimum absolute atomic E-state index is 0.128. The Bertz CT molecular complexity index is 1090. The first kappa shape index (κ1) is 17.3. The van der Waals surface area contributed by atoms with Crippen molar-refractivity contribution in [2.75, 3.05) is 6.54 Å². The topological polar surface area (TPSA) is 75.4 Å². The molecular weight excluding hydrogens is 342 g/mol. The molecule has 0 bridgehead atoms. The van der Waals surface area contributed by atoms with Gasteiger partial charge in [0, 0.05) is 23.7 Å². The number of aromatic nitrogens is 2. The smallest absolute Gasteiger partial charge is 0.407 e. The zero-order chi connectivity index (χ0) is 19.0. The predicted octanol–water partition coefficient (Wildman–Crippen LogP) is 3.04. The van der Waals surface area contributed by atoms with E-state index in [1.807, 2.05) is 24.3 Å². The Hall–Kier alpha value is -3.15. The van der Waals surface area contributed by atoms with Gasteiger partial charge in [-0.2, -0.15) is 0 Å². The van der Waals surface area contributed by atoms with Crippen molar-refractivity contribution >= 4 is 17.1 Å². The largest absolute Gasteiger partial charge is 0.465 e. The van der Waals surface area contributed by atoms with Crippen LogP contribution >= 0.6 is 0 Å². The Morgan fingerprint density at radius 3 is 2.78 bits per heavy atom. The van der Waals surface area contributed by atoms with Crippen LogP contribution in [-0.2, 0) is 25.9 Å². The highest BCUT2D eigenvalue weighted by molar-refractivity contribution is 5.81. The fourth-order valence-electron chi connectivity index (χ4n) is 3.80. The maximum atomic E-state index is 13.3. The maximum Gasteiger partial charge on any atom is 0.407 e. The van der Waals surface area contributed by atoms with Gasteiger partial charge in [-0.1, -0.05) is 31.2 Å². The van der Waals surface area contributed by atoms with Gasteiger partial charge >= 0.3 is 6.09 Å². The van der Waals surface area contributed by atoms with E-state index in [0.717, 1.165) is 22.9 Å². The molecule has 0 fully saturated rings. The van der Waals surface area contributed by atoms with Crippen molar-refractivity contribution in [3.63, 3.8) is 0 Å². The lowest BCUT2D eigenvalue weighted by Gasteiger charge is -2.27. The number of fused-ring (bicyclic) bond motifs is 3. The van der Waals surface area contributed by atoms with Gasteiger partial charge in [0.25, 0.3) is 5.56 Å². The van der Waals surface area contributed by atoms with E-state index >= 15 is 0 Å². The molecule has 1 aromatic carbocycles. The number of rotatable bonds is 3. The van der Waals surface area contributed by atoms with E-state index in [1.165, 1.54) is 10.5 Å². The third kappa shape index (κ3) is 3.07. The van der Waals surface area contributed by atoms with E-state index in [2.05, 4.69) is 24.0 Å². The number of hydrogen-bond acceptors (Lipinski definition) is 3. The van der Waals surface area contributed by atoms with Crippen molar-refractivity contribution in [2.24, 2.45) is 0 Å². The second-order valence-corrected chi connectivity index (χ2v) is 6.85. The predicted molar refractivity (Wildman–Crippen MR) is 103 cm³/mol. The van der Waals surface area contributed by atoms with Gasteiger partial charge < -0.3 is 10.0 Å². The van der Waals surface area contributed by atoms with Gasteiger partial charge in [0.15, 0.2) is 0 Å². The minimum atomic E-state index is -0.992. The number of aryl methyl sites for hydroxylation is 1. The van der Waals surface area contributed by atoms with E-state index in [0.29, 0.717) is 30.7 Å². The summed E-state index contributed by atoms with van der Waals surface area (Å²) in [6, 6.07) is 12.0. The van der Waals surface area contributed by atoms with Crippen molar-refractivity contribution in [1.29, 1.82) is 0 Å². The van der Waals surface area contributed by atoms with Crippen LogP contribution in [0.15, 0.2) is 47.4 Å². The van der Waals surface area contributed by atoms with E-state index in [9.17, 15) is 14.7 Å². The van der Waals surface area contributed by atoms with Crippen LogP contribution in [0.3, 0.4) is 0 Å². The Morgan fingerprint density at radius 1 is 1.19 bits per heavy atom. The number of carboxylic acid groups (broad SMARTS) is 1. The zero-order valence-corrected chi connectivity index (χ0v) is 15.2. The number of pyridine rings is 2. The average Bonchev–Trinajstić information content (AvgIpc) is 2.70. The third-order valence-corrected chi connectivity index (χ3v) is 5.23. The second kappa shape index (κ2) is 6.87. The highest BCUT2D eigenvalue weighted by atomic mass is 16.4. The molecule has 0 unspecified atom stereocenters. The van der Waals surface area contributed by atoms with Crippen molar-refractivity contribution in [3.8, 4) is 0 Å². The first-order valence-corrected chi connectivity index (χ1v) is 9.13. The van der Waals surface area contributed by atoms with E-state index in [1.54, 1.807) is 10.8 Å². The summed E-state index contributed by atoms with van der Waals surface area (Å²) in [5.74, 6) is 0. The van der Waals surface area contributed by atoms with Crippen LogP contribution in [0.1, 0.15) is 29.2 Å². The van der Waals surface area contributed by atoms with Crippen LogP contribution in [0.25, 0.3) is 11.0 Å². The SMILES string of the molecule is CCc1cccc(Cn2c(=O)c3c(c4cccnc42)CCN(C(=O)O)C3)c1. The van der Waals surface area contributed by atoms with E-state index in [4.69, 9.17) is 0 Å². The van der Waals surface area contributed by atoms with Gasteiger partial charge in [0.05, 0.1) is 13.1 Å². The third-order valence-electron chi connectivity index (χ3n) is 5.23. The summed E-state index contributed by atoms with van der Waals surface area (Å²) in [6.45, 7) is 3.04. The van der Waals surface area contributed by atoms with Gasteiger partial charge in [-0.3, -0.25) is 9.36 Å². The number of carbonyl (C=O) groups is 1. The normalized spacial score (nSPS) is 13.6. The molecule has 3 aromatic rings. The fourth-order valence-corrected chi connectivity index (χ4v) is 3.80. The average molecular weight is 363 g/mol. The van der Waals surface area contributed by atoms with Crippen molar-refractivity contribution < 1.29 is 9.90 Å². The molecule has 0 spiro atoms. The Morgan fingerprint density at radius 2 is 2.00 bits per heavy atom.